The molecule has 0 bridgehead atoms. The van der Waals surface area contributed by atoms with Crippen LogP contribution in [0.25, 0.3) is 0 Å². The van der Waals surface area contributed by atoms with Crippen molar-refractivity contribution in [1.82, 2.24) is 4.90 Å². The van der Waals surface area contributed by atoms with Crippen molar-refractivity contribution in [3.8, 4) is 0 Å². The van der Waals surface area contributed by atoms with Gasteiger partial charge in [-0.1, -0.05) is 70.6 Å². The second-order valence-electron chi connectivity index (χ2n) is 25.1. The van der Waals surface area contributed by atoms with E-state index >= 15 is 0 Å². The summed E-state index contributed by atoms with van der Waals surface area (Å²) >= 11 is 5.20. The standard InChI is InChI=1S/C56H91NS2/c1-2-9-36(10-3-1)37-21-27-43(28-22-37)57(44-29-23-38(24-30-44)42-20-19-41-18-17-39-11-4-5-12-46(39)51(41)35-42)45-31-25-40(26-32-45)47-14-8-15-48-49-33-34-53-54(56(49)59-55(47)48)50-13-6-7-16-52(50)58-53/h36-56H,1-35H2. The monoisotopic (exact) mass is 842 g/mol. The first-order valence-corrected chi connectivity index (χ1v) is 30.2. The van der Waals surface area contributed by atoms with Crippen molar-refractivity contribution in [2.75, 3.05) is 0 Å². The first-order chi connectivity index (χ1) is 29.2. The van der Waals surface area contributed by atoms with E-state index in [1.54, 1.807) is 199 Å². The molecule has 1 nitrogen and oxygen atoms in total. The van der Waals surface area contributed by atoms with Crippen molar-refractivity contribution >= 4 is 23.5 Å². The zero-order valence-electron chi connectivity index (χ0n) is 38.1. The zero-order chi connectivity index (χ0) is 38.9. The average molecular weight is 842 g/mol. The number of fused-ring (bicyclic) bond motifs is 10. The molecule has 0 radical (unpaired) electrons. The minimum atomic E-state index is 0.919. The Balaban J connectivity index is 0.707. The van der Waals surface area contributed by atoms with Gasteiger partial charge in [0.1, 0.15) is 0 Å². The molecule has 332 valence electrons. The van der Waals surface area contributed by atoms with E-state index in [-0.39, 0.29) is 0 Å². The summed E-state index contributed by atoms with van der Waals surface area (Å²) in [5, 5.41) is 4.19. The van der Waals surface area contributed by atoms with E-state index in [2.05, 4.69) is 28.4 Å². The fourth-order valence-corrected chi connectivity index (χ4v) is 25.1. The largest absolute Gasteiger partial charge is 0.294 e. The molecule has 0 N–H and O–H groups in total. The van der Waals surface area contributed by atoms with Crippen molar-refractivity contribution in [3.05, 3.63) is 0 Å². The van der Waals surface area contributed by atoms with Gasteiger partial charge in [-0.3, -0.25) is 4.90 Å². The predicted octanol–water partition coefficient (Wildman–Crippen LogP) is 15.8. The van der Waals surface area contributed by atoms with E-state index in [1.165, 1.54) is 25.7 Å². The molecule has 2 saturated heterocycles. The second-order valence-corrected chi connectivity index (χ2v) is 28.0. The van der Waals surface area contributed by atoms with Crippen LogP contribution in [0.2, 0.25) is 0 Å². The van der Waals surface area contributed by atoms with Gasteiger partial charge in [0, 0.05) is 39.1 Å². The molecule has 12 aliphatic rings. The maximum Gasteiger partial charge on any atom is 0.0123 e. The molecule has 10 saturated carbocycles. The van der Waals surface area contributed by atoms with Crippen LogP contribution in [0.15, 0.2) is 0 Å². The minimum Gasteiger partial charge on any atom is -0.294 e. The smallest absolute Gasteiger partial charge is 0.0123 e. The number of thioether (sulfide) groups is 2. The van der Waals surface area contributed by atoms with Gasteiger partial charge in [-0.25, -0.2) is 0 Å². The van der Waals surface area contributed by atoms with Gasteiger partial charge in [0.2, 0.25) is 0 Å². The molecule has 12 fully saturated rings. The Morgan fingerprint density at radius 1 is 0.254 bits per heavy atom. The number of rotatable bonds is 6. The molecular formula is C56H91NS2. The SMILES string of the molecule is C1CCC(C2CCC(N(C3CCC(C4CCC5CCC6CCCCC6C5C4)CC3)C3CCC(C4CCCC5C6CCC7SC8CCCCC8C7C6SC45)CC3)CC2)CC1. The summed E-state index contributed by atoms with van der Waals surface area (Å²) in [6.45, 7) is 0. The molecular weight excluding hydrogens is 751 g/mol. The summed E-state index contributed by atoms with van der Waals surface area (Å²) in [5.41, 5.74) is 0. The van der Waals surface area contributed by atoms with Crippen LogP contribution in [-0.2, 0) is 0 Å². The summed E-state index contributed by atoms with van der Waals surface area (Å²) in [4.78, 5) is 3.40. The van der Waals surface area contributed by atoms with E-state index in [1.807, 2.05) is 0 Å². The number of nitrogens with zero attached hydrogens (tertiary/aromatic N) is 1. The lowest BCUT2D eigenvalue weighted by Gasteiger charge is -2.53. The number of hydrogen-bond acceptors (Lipinski definition) is 3. The van der Waals surface area contributed by atoms with E-state index in [0.717, 1.165) is 122 Å². The van der Waals surface area contributed by atoms with Crippen LogP contribution in [-0.4, -0.2) is 44.0 Å². The lowest BCUT2D eigenvalue weighted by molar-refractivity contribution is -0.0261. The van der Waals surface area contributed by atoms with Crippen molar-refractivity contribution < 1.29 is 0 Å². The van der Waals surface area contributed by atoms with Crippen molar-refractivity contribution in [1.29, 1.82) is 0 Å². The fourth-order valence-electron chi connectivity index (χ4n) is 20.3. The molecule has 3 heteroatoms. The third-order valence-electron chi connectivity index (χ3n) is 23.0. The molecule has 2 aliphatic heterocycles. The van der Waals surface area contributed by atoms with Crippen LogP contribution in [0.3, 0.4) is 0 Å². The predicted molar refractivity (Wildman–Crippen MR) is 254 cm³/mol. The topological polar surface area (TPSA) is 3.24 Å². The van der Waals surface area contributed by atoms with E-state index in [4.69, 9.17) is 0 Å². The van der Waals surface area contributed by atoms with E-state index < -0.39 is 0 Å². The molecule has 0 spiro atoms. The van der Waals surface area contributed by atoms with Gasteiger partial charge in [0.15, 0.2) is 0 Å². The third-order valence-corrected chi connectivity index (χ3v) is 26.8. The van der Waals surface area contributed by atoms with Gasteiger partial charge in [0.05, 0.1) is 0 Å². The maximum absolute atomic E-state index is 3.40. The van der Waals surface area contributed by atoms with Crippen LogP contribution >= 0.6 is 23.5 Å². The Morgan fingerprint density at radius 2 is 0.729 bits per heavy atom. The van der Waals surface area contributed by atoms with Gasteiger partial charge in [-0.05, 0) is 237 Å². The Hall–Kier alpha value is 0.660. The van der Waals surface area contributed by atoms with Crippen molar-refractivity contribution in [2.24, 2.45) is 82.9 Å². The third kappa shape index (κ3) is 7.98. The molecule has 10 aliphatic carbocycles. The van der Waals surface area contributed by atoms with Crippen LogP contribution in [0.4, 0.5) is 0 Å². The van der Waals surface area contributed by atoms with Gasteiger partial charge in [0.25, 0.3) is 0 Å². The summed E-state index contributed by atoms with van der Waals surface area (Å²) in [6.07, 6.45) is 55.3. The fraction of sp³-hybridized carbons (Fsp3) is 1.00. The summed E-state index contributed by atoms with van der Waals surface area (Å²) < 4.78 is 0. The van der Waals surface area contributed by atoms with Crippen molar-refractivity contribution in [2.45, 2.75) is 264 Å². The molecule has 59 heavy (non-hydrogen) atoms. The van der Waals surface area contributed by atoms with Gasteiger partial charge >= 0.3 is 0 Å². The van der Waals surface area contributed by atoms with E-state index in [0.29, 0.717) is 0 Å². The maximum atomic E-state index is 3.40. The van der Waals surface area contributed by atoms with Gasteiger partial charge in [-0.15, -0.1) is 0 Å². The lowest BCUT2D eigenvalue weighted by Crippen LogP contribution is -2.53. The van der Waals surface area contributed by atoms with Crippen molar-refractivity contribution in [3.63, 3.8) is 0 Å². The quantitative estimate of drug-likeness (QED) is 0.262. The zero-order valence-corrected chi connectivity index (χ0v) is 39.8. The minimum absolute atomic E-state index is 0.919. The Kier molecular flexibility index (Phi) is 12.6. The summed E-state index contributed by atoms with van der Waals surface area (Å²) in [7, 11) is 0. The average Bonchev–Trinajstić information content (AvgIpc) is 3.89. The number of hydrogen-bond donors (Lipinski definition) is 0. The summed E-state index contributed by atoms with van der Waals surface area (Å²) in [5.74, 6) is 15.4. The van der Waals surface area contributed by atoms with Crippen LogP contribution in [0.5, 0.6) is 0 Å². The first-order valence-electron chi connectivity index (χ1n) is 28.3. The Bertz CT molecular complexity index is 1370. The Labute approximate surface area is 373 Å². The van der Waals surface area contributed by atoms with Crippen LogP contribution < -0.4 is 0 Å². The van der Waals surface area contributed by atoms with E-state index in [9.17, 15) is 0 Å². The molecule has 14 atom stereocenters. The first kappa shape index (κ1) is 41.1. The lowest BCUT2D eigenvalue weighted by atomic mass is 9.55. The van der Waals surface area contributed by atoms with Gasteiger partial charge in [-0.2, -0.15) is 23.5 Å². The molecule has 2 heterocycles. The normalized spacial score (nSPS) is 53.0. The molecule has 0 aromatic rings. The molecule has 0 amide bonds. The Morgan fingerprint density at radius 3 is 1.46 bits per heavy atom. The highest BCUT2D eigenvalue weighted by atomic mass is 32.2. The molecule has 0 aromatic heterocycles. The summed E-state index contributed by atoms with van der Waals surface area (Å²) in [6, 6.07) is 2.76. The highest BCUT2D eigenvalue weighted by molar-refractivity contribution is 8.02. The molecule has 12 rings (SSSR count). The van der Waals surface area contributed by atoms with Crippen LogP contribution in [0, 0.1) is 82.9 Å². The highest BCUT2D eigenvalue weighted by Gasteiger charge is 2.59. The second kappa shape index (κ2) is 18.1. The highest BCUT2D eigenvalue weighted by Crippen LogP contribution is 2.66. The van der Waals surface area contributed by atoms with Gasteiger partial charge < -0.3 is 0 Å². The molecule has 0 aromatic carbocycles. The molecule has 14 unspecified atom stereocenters. The van der Waals surface area contributed by atoms with Crippen LogP contribution in [0.1, 0.15) is 225 Å².